The lowest BCUT2D eigenvalue weighted by Gasteiger charge is -2.15. The summed E-state index contributed by atoms with van der Waals surface area (Å²) in [4.78, 5) is 0. The Morgan fingerprint density at radius 1 is 1.08 bits per heavy atom. The summed E-state index contributed by atoms with van der Waals surface area (Å²) in [5.41, 5.74) is 0.361. The predicted molar refractivity (Wildman–Crippen MR) is 61.4 cm³/mol. The molecule has 0 radical (unpaired) electrons. The summed E-state index contributed by atoms with van der Waals surface area (Å²) in [6.07, 6.45) is 5.94. The highest BCUT2D eigenvalue weighted by atomic mass is 28.3. The Morgan fingerprint density at radius 3 is 1.92 bits per heavy atom. The molecule has 0 aromatic rings. The van der Waals surface area contributed by atoms with E-state index in [1.807, 2.05) is 0 Å². The van der Waals surface area contributed by atoms with Gasteiger partial charge in [-0.1, -0.05) is 58.6 Å². The molecule has 0 saturated carbocycles. The van der Waals surface area contributed by atoms with Crippen LogP contribution in [-0.4, -0.2) is 8.07 Å². The van der Waals surface area contributed by atoms with Crippen molar-refractivity contribution in [3.05, 3.63) is 12.2 Å². The average Bonchev–Trinajstić information content (AvgIpc) is 1.76. The van der Waals surface area contributed by atoms with Gasteiger partial charge in [0.25, 0.3) is 0 Å². The van der Waals surface area contributed by atoms with Crippen molar-refractivity contribution in [1.29, 1.82) is 0 Å². The van der Waals surface area contributed by atoms with Crippen molar-refractivity contribution in [3.8, 4) is 0 Å². The van der Waals surface area contributed by atoms with Crippen LogP contribution in [-0.2, 0) is 0 Å². The molecule has 0 spiro atoms. The molecule has 0 aromatic carbocycles. The highest BCUT2D eigenvalue weighted by Crippen LogP contribution is 2.17. The molecule has 0 amide bonds. The van der Waals surface area contributed by atoms with Gasteiger partial charge in [0.2, 0.25) is 0 Å². The number of hydrogen-bond donors (Lipinski definition) is 0. The standard InChI is InChI=1S/C11H24Si/c1-11(2,3)9-7-8-10-12(4,5)6/h7,9H,8,10H2,1-6H3/b9-7+. The van der Waals surface area contributed by atoms with E-state index in [-0.39, 0.29) is 0 Å². The van der Waals surface area contributed by atoms with Crippen LogP contribution in [0.25, 0.3) is 0 Å². The first-order valence-corrected chi connectivity index (χ1v) is 8.59. The first-order chi connectivity index (χ1) is 5.21. The largest absolute Gasteiger partial charge is 0.0883 e. The van der Waals surface area contributed by atoms with Crippen LogP contribution in [0.2, 0.25) is 25.7 Å². The lowest BCUT2D eigenvalue weighted by atomic mass is 9.96. The van der Waals surface area contributed by atoms with Crippen molar-refractivity contribution in [2.24, 2.45) is 5.41 Å². The van der Waals surface area contributed by atoms with Crippen LogP contribution in [0, 0.1) is 5.41 Å². The Kier molecular flexibility index (Phi) is 4.25. The van der Waals surface area contributed by atoms with Gasteiger partial charge in [0.05, 0.1) is 0 Å². The first kappa shape index (κ1) is 12.0. The summed E-state index contributed by atoms with van der Waals surface area (Å²) in [6.45, 7) is 14.0. The number of hydrogen-bond acceptors (Lipinski definition) is 0. The van der Waals surface area contributed by atoms with Gasteiger partial charge in [-0.05, 0) is 11.8 Å². The molecule has 0 N–H and O–H groups in total. The maximum atomic E-state index is 2.43. The quantitative estimate of drug-likeness (QED) is 0.453. The molecule has 12 heavy (non-hydrogen) atoms. The van der Waals surface area contributed by atoms with E-state index in [0.717, 1.165) is 0 Å². The van der Waals surface area contributed by atoms with E-state index in [9.17, 15) is 0 Å². The van der Waals surface area contributed by atoms with Gasteiger partial charge in [0.1, 0.15) is 0 Å². The monoisotopic (exact) mass is 184 g/mol. The van der Waals surface area contributed by atoms with Gasteiger partial charge in [0.15, 0.2) is 0 Å². The van der Waals surface area contributed by atoms with E-state index >= 15 is 0 Å². The van der Waals surface area contributed by atoms with Crippen LogP contribution in [0.1, 0.15) is 27.2 Å². The number of allylic oxidation sites excluding steroid dienone is 2. The van der Waals surface area contributed by atoms with Crippen LogP contribution in [0.3, 0.4) is 0 Å². The Balaban J connectivity index is 3.64. The van der Waals surface area contributed by atoms with Crippen LogP contribution in [0.5, 0.6) is 0 Å². The van der Waals surface area contributed by atoms with Gasteiger partial charge in [-0.25, -0.2) is 0 Å². The van der Waals surface area contributed by atoms with E-state index in [1.165, 1.54) is 12.5 Å². The molecule has 1 heteroatoms. The Morgan fingerprint density at radius 2 is 1.58 bits per heavy atom. The van der Waals surface area contributed by atoms with E-state index in [2.05, 4.69) is 52.6 Å². The van der Waals surface area contributed by atoms with Crippen LogP contribution < -0.4 is 0 Å². The molecule has 0 unspecified atom stereocenters. The summed E-state index contributed by atoms with van der Waals surface area (Å²) in [5.74, 6) is 0. The Hall–Kier alpha value is -0.0431. The molecule has 0 rings (SSSR count). The minimum absolute atomic E-state index is 0.361. The molecule has 0 aliphatic rings. The molecule has 0 aliphatic heterocycles. The van der Waals surface area contributed by atoms with Gasteiger partial charge in [-0.15, -0.1) is 0 Å². The second-order valence-electron chi connectivity index (χ2n) is 5.87. The molecular weight excluding hydrogens is 160 g/mol. The minimum Gasteiger partial charge on any atom is -0.0883 e. The molecule has 0 saturated heterocycles. The lowest BCUT2D eigenvalue weighted by molar-refractivity contribution is 0.542. The summed E-state index contributed by atoms with van der Waals surface area (Å²) in [6, 6.07) is 1.42. The molecular formula is C11H24Si. The van der Waals surface area contributed by atoms with Crippen molar-refractivity contribution in [3.63, 3.8) is 0 Å². The molecule has 0 nitrogen and oxygen atoms in total. The smallest absolute Gasteiger partial charge is 0.0445 e. The van der Waals surface area contributed by atoms with Crippen molar-refractivity contribution < 1.29 is 0 Å². The zero-order chi connectivity index (χ0) is 9.83. The van der Waals surface area contributed by atoms with Crippen molar-refractivity contribution in [2.45, 2.75) is 52.9 Å². The van der Waals surface area contributed by atoms with E-state index in [1.54, 1.807) is 0 Å². The fourth-order valence-electron chi connectivity index (χ4n) is 0.953. The van der Waals surface area contributed by atoms with Crippen LogP contribution in [0.15, 0.2) is 12.2 Å². The molecule has 0 aliphatic carbocycles. The zero-order valence-corrected chi connectivity index (χ0v) is 10.6. The van der Waals surface area contributed by atoms with E-state index in [4.69, 9.17) is 0 Å². The number of rotatable bonds is 3. The van der Waals surface area contributed by atoms with Gasteiger partial charge in [-0.2, -0.15) is 0 Å². The molecule has 0 bridgehead atoms. The van der Waals surface area contributed by atoms with Gasteiger partial charge < -0.3 is 0 Å². The average molecular weight is 184 g/mol. The van der Waals surface area contributed by atoms with Crippen LogP contribution >= 0.6 is 0 Å². The molecule has 0 aromatic heterocycles. The lowest BCUT2D eigenvalue weighted by Crippen LogP contribution is -2.18. The third-order valence-corrected chi connectivity index (χ3v) is 3.47. The van der Waals surface area contributed by atoms with Crippen molar-refractivity contribution in [1.82, 2.24) is 0 Å². The maximum absolute atomic E-state index is 2.43. The topological polar surface area (TPSA) is 0 Å². The summed E-state index contributed by atoms with van der Waals surface area (Å²) in [5, 5.41) is 0. The molecule has 0 heterocycles. The van der Waals surface area contributed by atoms with E-state index < -0.39 is 8.07 Å². The zero-order valence-electron chi connectivity index (χ0n) is 9.57. The third kappa shape index (κ3) is 9.96. The summed E-state index contributed by atoms with van der Waals surface area (Å²) in [7, 11) is -0.805. The van der Waals surface area contributed by atoms with Crippen molar-refractivity contribution >= 4 is 8.07 Å². The second kappa shape index (κ2) is 4.27. The summed E-state index contributed by atoms with van der Waals surface area (Å²) < 4.78 is 0. The third-order valence-electron chi connectivity index (χ3n) is 1.68. The van der Waals surface area contributed by atoms with Crippen molar-refractivity contribution in [2.75, 3.05) is 0 Å². The van der Waals surface area contributed by atoms with E-state index in [0.29, 0.717) is 5.41 Å². The molecule has 0 atom stereocenters. The predicted octanol–water partition coefficient (Wildman–Crippen LogP) is 4.32. The van der Waals surface area contributed by atoms with Gasteiger partial charge in [0, 0.05) is 8.07 Å². The normalized spacial score (nSPS) is 14.2. The van der Waals surface area contributed by atoms with Gasteiger partial charge in [-0.3, -0.25) is 0 Å². The highest BCUT2D eigenvalue weighted by Gasteiger charge is 2.11. The highest BCUT2D eigenvalue weighted by molar-refractivity contribution is 6.76. The molecule has 0 fully saturated rings. The second-order valence-corrected chi connectivity index (χ2v) is 11.5. The summed E-state index contributed by atoms with van der Waals surface area (Å²) >= 11 is 0. The molecule has 72 valence electrons. The maximum Gasteiger partial charge on any atom is 0.0445 e. The fraction of sp³-hybridized carbons (Fsp3) is 0.818. The Labute approximate surface area is 79.1 Å². The van der Waals surface area contributed by atoms with Gasteiger partial charge >= 0.3 is 0 Å². The minimum atomic E-state index is -0.805. The fourth-order valence-corrected chi connectivity index (χ4v) is 1.99. The van der Waals surface area contributed by atoms with Crippen LogP contribution in [0.4, 0.5) is 0 Å². The Bertz CT molecular complexity index is 143. The SMILES string of the molecule is CC(C)(C)/C=C/CC[Si](C)(C)C. The first-order valence-electron chi connectivity index (χ1n) is 4.88.